The first-order valence-electron chi connectivity index (χ1n) is 2.50. The summed E-state index contributed by atoms with van der Waals surface area (Å²) >= 11 is 31.5. The molecule has 0 rings (SSSR count). The van der Waals surface area contributed by atoms with Crippen LogP contribution in [0.1, 0.15) is 0 Å². The van der Waals surface area contributed by atoms with Gasteiger partial charge < -0.3 is 0 Å². The van der Waals surface area contributed by atoms with Gasteiger partial charge in [-0.15, -0.1) is 0 Å². The highest BCUT2D eigenvalue weighted by Gasteiger charge is 2.28. The van der Waals surface area contributed by atoms with Crippen LogP contribution < -0.4 is 0 Å². The largest absolute Gasteiger partial charge is 0.290 e. The quantitative estimate of drug-likeness (QED) is 0.529. The lowest BCUT2D eigenvalue weighted by atomic mass is 10.4. The topological polar surface area (TPSA) is 17.1 Å². The van der Waals surface area contributed by atoms with Crippen LogP contribution in [-0.4, -0.2) is 13.4 Å². The number of ketones is 1. The summed E-state index contributed by atoms with van der Waals surface area (Å²) < 4.78 is -3.67. The van der Waals surface area contributed by atoms with Crippen LogP contribution >= 0.6 is 69.6 Å². The Kier molecular flexibility index (Phi) is 5.02. The second-order valence-corrected chi connectivity index (χ2v) is 6.39. The van der Waals surface area contributed by atoms with Gasteiger partial charge in [0.1, 0.15) is 0 Å². The van der Waals surface area contributed by atoms with Gasteiger partial charge in [0.05, 0.1) is 0 Å². The van der Waals surface area contributed by atoms with E-state index in [9.17, 15) is 4.79 Å². The van der Waals surface area contributed by atoms with Crippen LogP contribution in [0.3, 0.4) is 0 Å². The Morgan fingerprint density at radius 2 is 1.42 bits per heavy atom. The summed E-state index contributed by atoms with van der Waals surface area (Å²) in [5.74, 6) is -0.765. The molecule has 1 nitrogen and oxygen atoms in total. The van der Waals surface area contributed by atoms with E-state index in [0.717, 1.165) is 12.2 Å². The lowest BCUT2D eigenvalue weighted by Crippen LogP contribution is -2.16. The van der Waals surface area contributed by atoms with Gasteiger partial charge in [-0.3, -0.25) is 4.79 Å². The number of carbonyl (C=O) groups is 1. The van der Waals surface area contributed by atoms with Crippen LogP contribution in [-0.2, 0) is 4.79 Å². The molecule has 0 atom stereocenters. The fourth-order valence-electron chi connectivity index (χ4n) is 0.265. The molecule has 0 aromatic rings. The van der Waals surface area contributed by atoms with Gasteiger partial charge in [0.25, 0.3) is 3.79 Å². The Labute approximate surface area is 99.5 Å². The van der Waals surface area contributed by atoms with E-state index in [0.29, 0.717) is 0 Å². The predicted molar refractivity (Wildman–Crippen MR) is 54.7 cm³/mol. The first kappa shape index (κ1) is 13.2. The number of halogens is 6. The third-order valence-corrected chi connectivity index (χ3v) is 1.64. The van der Waals surface area contributed by atoms with Crippen molar-refractivity contribution in [1.82, 2.24) is 0 Å². The van der Waals surface area contributed by atoms with Crippen LogP contribution in [0.4, 0.5) is 0 Å². The van der Waals surface area contributed by atoms with E-state index in [1.807, 2.05) is 0 Å². The van der Waals surface area contributed by atoms with E-state index in [2.05, 4.69) is 0 Å². The first-order valence-corrected chi connectivity index (χ1v) is 4.77. The highest BCUT2D eigenvalue weighted by atomic mass is 35.6. The molecule has 0 aromatic heterocycles. The minimum atomic E-state index is -2.01. The average molecular weight is 291 g/mol. The number of rotatable bonds is 1. The van der Waals surface area contributed by atoms with Crippen molar-refractivity contribution < 1.29 is 4.79 Å². The van der Waals surface area contributed by atoms with Crippen molar-refractivity contribution in [1.29, 1.82) is 0 Å². The number of allylic oxidation sites excluding steroid dienone is 2. The molecular formula is C5H2Cl6O. The summed E-state index contributed by atoms with van der Waals surface area (Å²) in [4.78, 5) is 10.9. The summed E-state index contributed by atoms with van der Waals surface area (Å²) in [6, 6.07) is 0. The lowest BCUT2D eigenvalue weighted by Gasteiger charge is -2.06. The molecule has 0 amide bonds. The normalized spacial score (nSPS) is 13.8. The molecule has 0 aromatic carbocycles. The Bertz CT molecular complexity index is 197. The molecule has 70 valence electrons. The second-order valence-electron chi connectivity index (χ2n) is 1.74. The highest BCUT2D eigenvalue weighted by molar-refractivity contribution is 6.77. The van der Waals surface area contributed by atoms with Gasteiger partial charge in [0, 0.05) is 0 Å². The molecule has 0 saturated heterocycles. The van der Waals surface area contributed by atoms with E-state index < -0.39 is 13.4 Å². The minimum Gasteiger partial charge on any atom is -0.290 e. The van der Waals surface area contributed by atoms with Gasteiger partial charge in [0.2, 0.25) is 9.58 Å². The van der Waals surface area contributed by atoms with E-state index in [-0.39, 0.29) is 0 Å². The van der Waals surface area contributed by atoms with E-state index >= 15 is 0 Å². The molecule has 0 aliphatic carbocycles. The van der Waals surface area contributed by atoms with Crippen LogP contribution in [0.2, 0.25) is 0 Å². The van der Waals surface area contributed by atoms with E-state index in [4.69, 9.17) is 69.6 Å². The lowest BCUT2D eigenvalue weighted by molar-refractivity contribution is -0.113. The van der Waals surface area contributed by atoms with Crippen molar-refractivity contribution in [2.45, 2.75) is 7.59 Å². The molecule has 0 radical (unpaired) electrons. The summed E-state index contributed by atoms with van der Waals surface area (Å²) in [5, 5.41) is 0. The maximum absolute atomic E-state index is 10.9. The van der Waals surface area contributed by atoms with Gasteiger partial charge in [-0.05, 0) is 12.2 Å². The monoisotopic (exact) mass is 288 g/mol. The maximum Gasteiger partial charge on any atom is 0.252 e. The van der Waals surface area contributed by atoms with Crippen molar-refractivity contribution in [2.75, 3.05) is 0 Å². The molecule has 0 unspecified atom stereocenters. The van der Waals surface area contributed by atoms with Gasteiger partial charge in [-0.25, -0.2) is 0 Å². The second kappa shape index (κ2) is 4.59. The van der Waals surface area contributed by atoms with Crippen LogP contribution in [0.15, 0.2) is 12.2 Å². The van der Waals surface area contributed by atoms with Crippen LogP contribution in [0.25, 0.3) is 0 Å². The Hall–Kier alpha value is 1.15. The van der Waals surface area contributed by atoms with Gasteiger partial charge in [0.15, 0.2) is 0 Å². The predicted octanol–water partition coefficient (Wildman–Crippen LogP) is 3.85. The van der Waals surface area contributed by atoms with Gasteiger partial charge in [-0.2, -0.15) is 0 Å². The number of carbonyl (C=O) groups excluding carboxylic acids is 1. The van der Waals surface area contributed by atoms with Crippen molar-refractivity contribution in [3.63, 3.8) is 0 Å². The Morgan fingerprint density at radius 1 is 1.00 bits per heavy atom. The molecular weight excluding hydrogens is 289 g/mol. The summed E-state index contributed by atoms with van der Waals surface area (Å²) in [7, 11) is 0. The fourth-order valence-corrected chi connectivity index (χ4v) is 0.643. The van der Waals surface area contributed by atoms with Crippen molar-refractivity contribution in [2.24, 2.45) is 0 Å². The zero-order valence-corrected chi connectivity index (χ0v) is 9.87. The summed E-state index contributed by atoms with van der Waals surface area (Å²) in [6.07, 6.45) is 1.90. The zero-order valence-electron chi connectivity index (χ0n) is 5.33. The molecule has 0 bridgehead atoms. The molecule has 0 aliphatic rings. The molecule has 0 heterocycles. The standard InChI is InChI=1S/C5H2Cl6O/c6-4(7,8)2-1-3(12)5(9,10)11/h1-2H. The molecule has 0 fully saturated rings. The molecule has 7 heteroatoms. The average Bonchev–Trinajstić information content (AvgIpc) is 1.78. The maximum atomic E-state index is 10.9. The smallest absolute Gasteiger partial charge is 0.252 e. The minimum absolute atomic E-state index is 0.765. The van der Waals surface area contributed by atoms with Crippen molar-refractivity contribution in [3.05, 3.63) is 12.2 Å². The third kappa shape index (κ3) is 6.64. The number of hydrogen-bond acceptors (Lipinski definition) is 1. The molecule has 12 heavy (non-hydrogen) atoms. The van der Waals surface area contributed by atoms with Crippen molar-refractivity contribution >= 4 is 75.4 Å². The Morgan fingerprint density at radius 3 is 1.67 bits per heavy atom. The van der Waals surface area contributed by atoms with Crippen LogP contribution in [0, 0.1) is 0 Å². The van der Waals surface area contributed by atoms with Gasteiger partial charge >= 0.3 is 0 Å². The fraction of sp³-hybridized carbons (Fsp3) is 0.400. The van der Waals surface area contributed by atoms with E-state index in [1.54, 1.807) is 0 Å². The third-order valence-electron chi connectivity index (χ3n) is 0.703. The highest BCUT2D eigenvalue weighted by Crippen LogP contribution is 2.30. The summed E-state index contributed by atoms with van der Waals surface area (Å²) in [5.41, 5.74) is 0. The molecule has 0 aliphatic heterocycles. The first-order chi connectivity index (χ1) is 5.13. The number of hydrogen-bond donors (Lipinski definition) is 0. The van der Waals surface area contributed by atoms with Gasteiger partial charge in [-0.1, -0.05) is 69.6 Å². The summed E-state index contributed by atoms with van der Waals surface area (Å²) in [6.45, 7) is 0. The zero-order chi connectivity index (χ0) is 9.99. The van der Waals surface area contributed by atoms with Crippen molar-refractivity contribution in [3.8, 4) is 0 Å². The number of alkyl halides is 6. The SMILES string of the molecule is O=C(C=CC(Cl)(Cl)Cl)C(Cl)(Cl)Cl. The molecule has 0 saturated carbocycles. The Balaban J connectivity index is 4.30. The van der Waals surface area contributed by atoms with E-state index in [1.165, 1.54) is 0 Å². The van der Waals surface area contributed by atoms with Crippen LogP contribution in [0.5, 0.6) is 0 Å². The molecule has 0 N–H and O–H groups in total. The molecule has 0 spiro atoms.